The van der Waals surface area contributed by atoms with E-state index < -0.39 is 11.7 Å². The Hall–Kier alpha value is -3.25. The number of carbonyl (C=O) groups is 1. The molecule has 0 unspecified atom stereocenters. The average Bonchev–Trinajstić information content (AvgIpc) is 2.68. The number of fused-ring (bicyclic) bond motifs is 1. The van der Waals surface area contributed by atoms with Gasteiger partial charge in [-0.25, -0.2) is 4.39 Å². The molecular weight excluding hydrogens is 379 g/mol. The summed E-state index contributed by atoms with van der Waals surface area (Å²) < 4.78 is 13.5. The topological polar surface area (TPSA) is 77.9 Å². The number of pyridine rings is 1. The van der Waals surface area contributed by atoms with E-state index in [1.807, 2.05) is 6.07 Å². The maximum absolute atomic E-state index is 13.5. The van der Waals surface area contributed by atoms with Gasteiger partial charge in [-0.2, -0.15) is 0 Å². The monoisotopic (exact) mass is 396 g/mol. The second-order valence-corrected chi connectivity index (χ2v) is 6.57. The number of aromatic nitrogens is 1. The minimum absolute atomic E-state index is 0.0629. The van der Waals surface area contributed by atoms with Gasteiger partial charge in [0, 0.05) is 30.3 Å². The molecule has 1 heterocycles. The van der Waals surface area contributed by atoms with Crippen molar-refractivity contribution in [3.8, 4) is 0 Å². The summed E-state index contributed by atoms with van der Waals surface area (Å²) in [5.41, 5.74) is 2.17. The highest BCUT2D eigenvalue weighted by molar-refractivity contribution is 6.34. The van der Waals surface area contributed by atoms with Crippen molar-refractivity contribution in [2.24, 2.45) is 0 Å². The second kappa shape index (κ2) is 8.19. The van der Waals surface area contributed by atoms with Crippen molar-refractivity contribution in [1.29, 1.82) is 5.41 Å². The highest BCUT2D eigenvalue weighted by Gasteiger charge is 2.14. The Morgan fingerprint density at radius 2 is 2.00 bits per heavy atom. The predicted molar refractivity (Wildman–Crippen MR) is 109 cm³/mol. The number of amides is 1. The lowest BCUT2D eigenvalue weighted by atomic mass is 10.0. The third-order valence-corrected chi connectivity index (χ3v) is 4.55. The fraction of sp³-hybridized carbons (Fsp3) is 0.0952. The van der Waals surface area contributed by atoms with E-state index in [2.05, 4.69) is 15.6 Å². The summed E-state index contributed by atoms with van der Waals surface area (Å²) in [5, 5.41) is 14.9. The zero-order valence-corrected chi connectivity index (χ0v) is 16.1. The Morgan fingerprint density at radius 1 is 1.21 bits per heavy atom. The van der Waals surface area contributed by atoms with Crippen molar-refractivity contribution in [1.82, 2.24) is 15.6 Å². The van der Waals surface area contributed by atoms with Crippen LogP contribution in [0.2, 0.25) is 5.02 Å². The lowest BCUT2D eigenvalue weighted by Crippen LogP contribution is -2.30. The molecule has 7 heteroatoms. The normalized spacial score (nSPS) is 11.4. The summed E-state index contributed by atoms with van der Waals surface area (Å²) in [6, 6.07) is 11.2. The number of rotatable bonds is 5. The number of carbonyl (C=O) groups excluding carboxylic acids is 1. The molecular formula is C21H18ClFN4O. The molecule has 3 aromatic rings. The van der Waals surface area contributed by atoms with Crippen LogP contribution in [0.1, 0.15) is 21.5 Å². The Morgan fingerprint density at radius 3 is 2.75 bits per heavy atom. The molecule has 0 radical (unpaired) electrons. The SMILES string of the molecule is CN/C(=C\C(=N)c1cc(F)ccc1C)NC(=O)c1cc2ncccc2cc1Cl. The van der Waals surface area contributed by atoms with Gasteiger partial charge in [0.05, 0.1) is 21.8 Å². The molecule has 0 aliphatic carbocycles. The highest BCUT2D eigenvalue weighted by atomic mass is 35.5. The maximum atomic E-state index is 13.5. The molecule has 1 amide bonds. The summed E-state index contributed by atoms with van der Waals surface area (Å²) in [5.74, 6) is -0.581. The van der Waals surface area contributed by atoms with Crippen LogP contribution in [-0.2, 0) is 0 Å². The molecule has 0 saturated carbocycles. The maximum Gasteiger partial charge on any atom is 0.258 e. The number of hydrogen-bond donors (Lipinski definition) is 3. The molecule has 0 atom stereocenters. The van der Waals surface area contributed by atoms with Crippen LogP contribution < -0.4 is 10.6 Å². The molecule has 142 valence electrons. The van der Waals surface area contributed by atoms with Crippen LogP contribution in [0, 0.1) is 18.2 Å². The van der Waals surface area contributed by atoms with Gasteiger partial charge < -0.3 is 16.0 Å². The van der Waals surface area contributed by atoms with Crippen LogP contribution in [0.5, 0.6) is 0 Å². The van der Waals surface area contributed by atoms with E-state index in [9.17, 15) is 9.18 Å². The molecule has 0 bridgehead atoms. The molecule has 3 N–H and O–H groups in total. The minimum Gasteiger partial charge on any atom is -0.375 e. The van der Waals surface area contributed by atoms with Gasteiger partial charge in [0.2, 0.25) is 0 Å². The third kappa shape index (κ3) is 4.18. The van der Waals surface area contributed by atoms with Gasteiger partial charge >= 0.3 is 0 Å². The second-order valence-electron chi connectivity index (χ2n) is 6.16. The van der Waals surface area contributed by atoms with Crippen molar-refractivity contribution >= 4 is 34.1 Å². The number of aryl methyl sites for hydroxylation is 1. The van der Waals surface area contributed by atoms with Gasteiger partial charge in [-0.3, -0.25) is 9.78 Å². The summed E-state index contributed by atoms with van der Waals surface area (Å²) >= 11 is 6.25. The number of allylic oxidation sites excluding steroid dienone is 1. The van der Waals surface area contributed by atoms with Gasteiger partial charge in [-0.15, -0.1) is 0 Å². The first-order chi connectivity index (χ1) is 13.4. The van der Waals surface area contributed by atoms with E-state index in [-0.39, 0.29) is 17.1 Å². The first-order valence-corrected chi connectivity index (χ1v) is 8.87. The van der Waals surface area contributed by atoms with Crippen molar-refractivity contribution < 1.29 is 9.18 Å². The van der Waals surface area contributed by atoms with Gasteiger partial charge in [0.15, 0.2) is 0 Å². The van der Waals surface area contributed by atoms with Crippen molar-refractivity contribution in [3.63, 3.8) is 0 Å². The fourth-order valence-corrected chi connectivity index (χ4v) is 2.99. The Kier molecular flexibility index (Phi) is 5.70. The lowest BCUT2D eigenvalue weighted by molar-refractivity contribution is 0.0964. The number of nitrogens with zero attached hydrogens (tertiary/aromatic N) is 1. The molecule has 0 saturated heterocycles. The molecule has 1 aromatic heterocycles. The zero-order chi connectivity index (χ0) is 20.3. The van der Waals surface area contributed by atoms with Crippen molar-refractivity contribution in [3.05, 3.63) is 88.1 Å². The first-order valence-electron chi connectivity index (χ1n) is 8.49. The number of halogens is 2. The van der Waals surface area contributed by atoms with E-state index in [1.165, 1.54) is 18.2 Å². The summed E-state index contributed by atoms with van der Waals surface area (Å²) in [6.45, 7) is 1.79. The molecule has 2 aromatic carbocycles. The average molecular weight is 397 g/mol. The van der Waals surface area contributed by atoms with Crippen LogP contribution in [0.15, 0.2) is 60.6 Å². The zero-order valence-electron chi connectivity index (χ0n) is 15.3. The van der Waals surface area contributed by atoms with Crippen LogP contribution in [0.25, 0.3) is 10.9 Å². The minimum atomic E-state index is -0.443. The molecule has 0 spiro atoms. The first kappa shape index (κ1) is 19.5. The van der Waals surface area contributed by atoms with Crippen LogP contribution in [0.3, 0.4) is 0 Å². The largest absolute Gasteiger partial charge is 0.375 e. The van der Waals surface area contributed by atoms with Gasteiger partial charge in [-0.05, 0) is 42.8 Å². The quantitative estimate of drug-likeness (QED) is 0.566. The van der Waals surface area contributed by atoms with Crippen molar-refractivity contribution in [2.75, 3.05) is 7.05 Å². The standard InChI is InChI=1S/C21H18ClFN4O/c1-12-5-6-14(23)9-15(12)18(24)11-20(25-2)27-21(28)16-10-19-13(8-17(16)22)4-3-7-26-19/h3-11,24-25H,1-2H3,(H,27,28)/b20-11+,24-18?. The summed E-state index contributed by atoms with van der Waals surface area (Å²) in [4.78, 5) is 16.9. The van der Waals surface area contributed by atoms with Gasteiger partial charge in [-0.1, -0.05) is 23.7 Å². The molecule has 3 rings (SSSR count). The van der Waals surface area contributed by atoms with Gasteiger partial charge in [0.1, 0.15) is 11.6 Å². The van der Waals surface area contributed by atoms with E-state index >= 15 is 0 Å². The number of benzene rings is 2. The van der Waals surface area contributed by atoms with E-state index in [4.69, 9.17) is 17.0 Å². The van der Waals surface area contributed by atoms with Gasteiger partial charge in [0.25, 0.3) is 5.91 Å². The molecule has 0 aliphatic heterocycles. The number of hydrogen-bond acceptors (Lipinski definition) is 4. The summed E-state index contributed by atoms with van der Waals surface area (Å²) in [6.07, 6.45) is 3.06. The molecule has 28 heavy (non-hydrogen) atoms. The van der Waals surface area contributed by atoms with Crippen LogP contribution >= 0.6 is 11.6 Å². The highest BCUT2D eigenvalue weighted by Crippen LogP contribution is 2.23. The Balaban J connectivity index is 1.87. The predicted octanol–water partition coefficient (Wildman–Crippen LogP) is 4.19. The third-order valence-electron chi connectivity index (χ3n) is 4.23. The smallest absolute Gasteiger partial charge is 0.258 e. The van der Waals surface area contributed by atoms with E-state index in [0.29, 0.717) is 16.1 Å². The van der Waals surface area contributed by atoms with Crippen LogP contribution in [0.4, 0.5) is 4.39 Å². The van der Waals surface area contributed by atoms with E-state index in [0.717, 1.165) is 10.9 Å². The fourth-order valence-electron chi connectivity index (χ4n) is 2.73. The lowest BCUT2D eigenvalue weighted by Gasteiger charge is -2.12. The van der Waals surface area contributed by atoms with Crippen molar-refractivity contribution in [2.45, 2.75) is 6.92 Å². The van der Waals surface area contributed by atoms with Crippen LogP contribution in [-0.4, -0.2) is 23.7 Å². The Labute approximate surface area is 166 Å². The molecule has 0 aliphatic rings. The Bertz CT molecular complexity index is 1110. The van der Waals surface area contributed by atoms with E-state index in [1.54, 1.807) is 44.4 Å². The summed E-state index contributed by atoms with van der Waals surface area (Å²) in [7, 11) is 1.61. The number of nitrogens with one attached hydrogen (secondary N) is 3. The molecule has 5 nitrogen and oxygen atoms in total. The molecule has 0 fully saturated rings.